The van der Waals surface area contributed by atoms with Crippen molar-refractivity contribution in [2.24, 2.45) is 0 Å². The molecule has 0 aliphatic carbocycles. The second kappa shape index (κ2) is 6.80. The van der Waals surface area contributed by atoms with Gasteiger partial charge in [-0.1, -0.05) is 49.1 Å². The summed E-state index contributed by atoms with van der Waals surface area (Å²) in [6.45, 7) is 5.90. The normalized spacial score (nSPS) is 12.0. The molecular weight excluding hydrogens is 322 g/mol. The molecule has 1 atom stereocenters. The Kier molecular flexibility index (Phi) is 4.19. The highest BCUT2D eigenvalue weighted by molar-refractivity contribution is 5.79. The molecule has 0 saturated carbocycles. The Labute approximate surface area is 152 Å². The molecule has 0 amide bonds. The number of nitrogens with one attached hydrogen (secondary N) is 1. The molecule has 1 N–H and O–H groups in total. The number of rotatable bonds is 5. The summed E-state index contributed by atoms with van der Waals surface area (Å²) in [7, 11) is 0. The van der Waals surface area contributed by atoms with Crippen LogP contribution in [0.25, 0.3) is 22.9 Å². The molecule has 26 heavy (non-hydrogen) atoms. The van der Waals surface area contributed by atoms with Crippen LogP contribution in [0.4, 0.5) is 5.95 Å². The van der Waals surface area contributed by atoms with Crippen molar-refractivity contribution in [2.45, 2.75) is 13.0 Å². The standard InChI is InChI=1S/C21H19N5/c1-3-16-9-10-19-18(13-16)23-14-26(19)20-11-12-22-21(25-20)24-15(2)17-7-5-4-6-8-17/h3-15H,1H2,2H3,(H,22,24,25). The Balaban J connectivity index is 1.65. The Morgan fingerprint density at radius 2 is 1.92 bits per heavy atom. The van der Waals surface area contributed by atoms with Crippen LogP contribution in [0, 0.1) is 0 Å². The van der Waals surface area contributed by atoms with Crippen LogP contribution in [-0.2, 0) is 0 Å². The first-order valence-electron chi connectivity index (χ1n) is 8.49. The third-order valence-corrected chi connectivity index (χ3v) is 4.34. The minimum absolute atomic E-state index is 0.112. The lowest BCUT2D eigenvalue weighted by atomic mass is 10.1. The third-order valence-electron chi connectivity index (χ3n) is 4.34. The van der Waals surface area contributed by atoms with Crippen LogP contribution < -0.4 is 5.32 Å². The van der Waals surface area contributed by atoms with E-state index >= 15 is 0 Å². The fourth-order valence-corrected chi connectivity index (χ4v) is 2.91. The Bertz CT molecular complexity index is 1050. The van der Waals surface area contributed by atoms with E-state index in [1.807, 2.05) is 53.1 Å². The quantitative estimate of drug-likeness (QED) is 0.575. The van der Waals surface area contributed by atoms with E-state index in [2.05, 4.69) is 45.9 Å². The summed E-state index contributed by atoms with van der Waals surface area (Å²) in [5.41, 5.74) is 4.14. The highest BCUT2D eigenvalue weighted by Crippen LogP contribution is 2.21. The van der Waals surface area contributed by atoms with E-state index < -0.39 is 0 Å². The maximum absolute atomic E-state index is 4.65. The summed E-state index contributed by atoms with van der Waals surface area (Å²) in [4.78, 5) is 13.5. The van der Waals surface area contributed by atoms with Gasteiger partial charge in [-0.3, -0.25) is 4.57 Å². The van der Waals surface area contributed by atoms with Gasteiger partial charge in [0.2, 0.25) is 5.95 Å². The number of nitrogens with zero attached hydrogens (tertiary/aromatic N) is 4. The van der Waals surface area contributed by atoms with Gasteiger partial charge in [0.1, 0.15) is 12.1 Å². The molecule has 0 aliphatic heterocycles. The van der Waals surface area contributed by atoms with Crippen LogP contribution in [0.15, 0.2) is 73.7 Å². The first kappa shape index (κ1) is 16.0. The summed E-state index contributed by atoms with van der Waals surface area (Å²) < 4.78 is 1.96. The minimum Gasteiger partial charge on any atom is -0.348 e. The second-order valence-electron chi connectivity index (χ2n) is 6.08. The smallest absolute Gasteiger partial charge is 0.225 e. The van der Waals surface area contributed by atoms with Gasteiger partial charge in [0.05, 0.1) is 17.1 Å². The topological polar surface area (TPSA) is 55.6 Å². The van der Waals surface area contributed by atoms with Crippen molar-refractivity contribution in [3.63, 3.8) is 0 Å². The van der Waals surface area contributed by atoms with Gasteiger partial charge in [0.15, 0.2) is 0 Å². The van der Waals surface area contributed by atoms with Crippen LogP contribution in [0.1, 0.15) is 24.1 Å². The Morgan fingerprint density at radius 3 is 2.73 bits per heavy atom. The molecule has 2 aromatic carbocycles. The summed E-state index contributed by atoms with van der Waals surface area (Å²) in [6.07, 6.45) is 5.35. The lowest BCUT2D eigenvalue weighted by Gasteiger charge is -2.14. The molecule has 0 saturated heterocycles. The van der Waals surface area contributed by atoms with Gasteiger partial charge in [0, 0.05) is 6.20 Å². The van der Waals surface area contributed by atoms with E-state index in [9.17, 15) is 0 Å². The fourth-order valence-electron chi connectivity index (χ4n) is 2.91. The molecule has 5 heteroatoms. The SMILES string of the molecule is C=Cc1ccc2c(c1)ncn2-c1ccnc(NC(C)c2ccccc2)n1. The van der Waals surface area contributed by atoms with Gasteiger partial charge in [-0.15, -0.1) is 0 Å². The van der Waals surface area contributed by atoms with Gasteiger partial charge in [-0.05, 0) is 36.2 Å². The van der Waals surface area contributed by atoms with Crippen LogP contribution in [0.2, 0.25) is 0 Å². The van der Waals surface area contributed by atoms with Crippen molar-refractivity contribution in [3.05, 3.63) is 84.8 Å². The van der Waals surface area contributed by atoms with Gasteiger partial charge in [0.25, 0.3) is 0 Å². The van der Waals surface area contributed by atoms with Crippen molar-refractivity contribution in [2.75, 3.05) is 5.32 Å². The zero-order valence-corrected chi connectivity index (χ0v) is 14.5. The molecule has 2 heterocycles. The van der Waals surface area contributed by atoms with E-state index in [1.165, 1.54) is 5.56 Å². The van der Waals surface area contributed by atoms with Crippen molar-refractivity contribution < 1.29 is 0 Å². The van der Waals surface area contributed by atoms with Crippen LogP contribution in [0.5, 0.6) is 0 Å². The number of hydrogen-bond acceptors (Lipinski definition) is 4. The highest BCUT2D eigenvalue weighted by Gasteiger charge is 2.10. The molecule has 0 aliphatic rings. The average Bonchev–Trinajstić information content (AvgIpc) is 3.12. The van der Waals surface area contributed by atoms with Crippen molar-refractivity contribution in [1.82, 2.24) is 19.5 Å². The fraction of sp³-hybridized carbons (Fsp3) is 0.0952. The van der Waals surface area contributed by atoms with E-state index in [0.29, 0.717) is 5.95 Å². The van der Waals surface area contributed by atoms with Crippen molar-refractivity contribution >= 4 is 23.1 Å². The number of imidazole rings is 1. The Morgan fingerprint density at radius 1 is 1.08 bits per heavy atom. The highest BCUT2D eigenvalue weighted by atomic mass is 15.2. The van der Waals surface area contributed by atoms with Gasteiger partial charge >= 0.3 is 0 Å². The number of benzene rings is 2. The molecule has 4 aromatic rings. The first-order chi connectivity index (χ1) is 12.7. The second-order valence-corrected chi connectivity index (χ2v) is 6.08. The van der Waals surface area contributed by atoms with Gasteiger partial charge in [-0.25, -0.2) is 9.97 Å². The van der Waals surface area contributed by atoms with E-state index in [4.69, 9.17) is 0 Å². The molecule has 0 radical (unpaired) electrons. The maximum atomic E-state index is 4.65. The number of hydrogen-bond donors (Lipinski definition) is 1. The Hall–Kier alpha value is -3.47. The molecule has 128 valence electrons. The number of anilines is 1. The maximum Gasteiger partial charge on any atom is 0.225 e. The summed E-state index contributed by atoms with van der Waals surface area (Å²) in [5.74, 6) is 1.36. The molecule has 0 spiro atoms. The average molecular weight is 341 g/mol. The molecule has 0 fully saturated rings. The summed E-state index contributed by atoms with van der Waals surface area (Å²) >= 11 is 0. The van der Waals surface area contributed by atoms with Crippen LogP contribution in [0.3, 0.4) is 0 Å². The predicted octanol–water partition coefficient (Wildman–Crippen LogP) is 4.63. The molecule has 0 bridgehead atoms. The lowest BCUT2D eigenvalue weighted by molar-refractivity contribution is 0.854. The van der Waals surface area contributed by atoms with Crippen molar-refractivity contribution in [3.8, 4) is 5.82 Å². The number of aromatic nitrogens is 4. The summed E-state index contributed by atoms with van der Waals surface area (Å²) in [6, 6.07) is 18.3. The molecule has 1 unspecified atom stereocenters. The van der Waals surface area contributed by atoms with Gasteiger partial charge < -0.3 is 5.32 Å². The first-order valence-corrected chi connectivity index (χ1v) is 8.49. The van der Waals surface area contributed by atoms with Crippen LogP contribution in [-0.4, -0.2) is 19.5 Å². The monoisotopic (exact) mass is 341 g/mol. The third kappa shape index (κ3) is 3.07. The summed E-state index contributed by atoms with van der Waals surface area (Å²) in [5, 5.41) is 3.36. The van der Waals surface area contributed by atoms with E-state index in [0.717, 1.165) is 22.4 Å². The van der Waals surface area contributed by atoms with E-state index in [-0.39, 0.29) is 6.04 Å². The zero-order chi connectivity index (χ0) is 17.9. The number of fused-ring (bicyclic) bond motifs is 1. The minimum atomic E-state index is 0.112. The molecule has 4 rings (SSSR count). The molecule has 2 aromatic heterocycles. The predicted molar refractivity (Wildman–Crippen MR) is 105 cm³/mol. The molecule has 5 nitrogen and oxygen atoms in total. The van der Waals surface area contributed by atoms with Crippen LogP contribution >= 0.6 is 0 Å². The lowest BCUT2D eigenvalue weighted by Crippen LogP contribution is -2.10. The zero-order valence-electron chi connectivity index (χ0n) is 14.5. The largest absolute Gasteiger partial charge is 0.348 e. The molecular formula is C21H19N5. The van der Waals surface area contributed by atoms with E-state index in [1.54, 1.807) is 12.5 Å². The van der Waals surface area contributed by atoms with Gasteiger partial charge in [-0.2, -0.15) is 4.98 Å². The van der Waals surface area contributed by atoms with Crippen molar-refractivity contribution in [1.29, 1.82) is 0 Å².